The summed E-state index contributed by atoms with van der Waals surface area (Å²) in [6.45, 7) is 4.76. The third-order valence-corrected chi connectivity index (χ3v) is 14.6. The Morgan fingerprint density at radius 3 is 1.58 bits per heavy atom. The van der Waals surface area contributed by atoms with Gasteiger partial charge in [-0.2, -0.15) is 0 Å². The van der Waals surface area contributed by atoms with Crippen molar-refractivity contribution < 1.29 is 0 Å². The fourth-order valence-corrected chi connectivity index (χ4v) is 11.9. The van der Waals surface area contributed by atoms with Gasteiger partial charge in [-0.3, -0.25) is 0 Å². The van der Waals surface area contributed by atoms with Crippen molar-refractivity contribution in [3.63, 3.8) is 0 Å². The Morgan fingerprint density at radius 2 is 0.867 bits per heavy atom. The molecule has 0 amide bonds. The Morgan fingerprint density at radius 1 is 0.367 bits per heavy atom. The maximum Gasteiger partial charge on any atom is 0.0714 e. The number of hydrogen-bond acceptors (Lipinski definition) is 2. The zero-order valence-corrected chi connectivity index (χ0v) is 34.4. The van der Waals surface area contributed by atoms with E-state index in [4.69, 9.17) is 0 Å². The molecule has 0 unspecified atom stereocenters. The maximum atomic E-state index is 2.53. The second-order valence-electron chi connectivity index (χ2n) is 16.8. The third-order valence-electron chi connectivity index (χ3n) is 13.4. The lowest BCUT2D eigenvalue weighted by atomic mass is 9.67. The van der Waals surface area contributed by atoms with Gasteiger partial charge in [0.05, 0.1) is 11.1 Å². The standard InChI is InChI=1S/C58H41NS/c1-57(2)50-28-13-9-22-42(50)44-34-32-40(36-52(44)57)59(54-30-15-11-24-46(54)48-26-17-27-49-47-25-12-16-31-55(47)60-56(48)49)41-33-35-45-43-23-10-14-29-51(43)58(53(45)37-41,38-18-5-3-6-19-38)39-20-7-4-8-21-39/h3-37H,1-2H3. The van der Waals surface area contributed by atoms with Crippen molar-refractivity contribution in [2.45, 2.75) is 24.7 Å². The highest BCUT2D eigenvalue weighted by molar-refractivity contribution is 7.26. The summed E-state index contributed by atoms with van der Waals surface area (Å²) in [6, 6.07) is 79.3. The molecule has 0 radical (unpaired) electrons. The Balaban J connectivity index is 1.15. The Bertz CT molecular complexity index is 3260. The van der Waals surface area contributed by atoms with Crippen molar-refractivity contribution in [2.24, 2.45) is 0 Å². The average molecular weight is 784 g/mol. The van der Waals surface area contributed by atoms with E-state index in [1.165, 1.54) is 86.9 Å². The molecule has 1 heterocycles. The van der Waals surface area contributed by atoms with Gasteiger partial charge in [0.1, 0.15) is 0 Å². The molecule has 2 heteroatoms. The zero-order valence-electron chi connectivity index (χ0n) is 33.6. The van der Waals surface area contributed by atoms with Crippen molar-refractivity contribution in [2.75, 3.05) is 4.90 Å². The maximum absolute atomic E-state index is 2.53. The zero-order chi connectivity index (χ0) is 40.0. The molecule has 9 aromatic carbocycles. The lowest BCUT2D eigenvalue weighted by Crippen LogP contribution is -2.28. The van der Waals surface area contributed by atoms with Crippen LogP contribution in [0, 0.1) is 0 Å². The van der Waals surface area contributed by atoms with Crippen LogP contribution in [0.4, 0.5) is 17.1 Å². The van der Waals surface area contributed by atoms with Crippen LogP contribution < -0.4 is 4.90 Å². The molecule has 2 aliphatic rings. The predicted molar refractivity (Wildman–Crippen MR) is 254 cm³/mol. The van der Waals surface area contributed by atoms with E-state index in [0.717, 1.165) is 17.1 Å². The van der Waals surface area contributed by atoms with Gasteiger partial charge in [-0.1, -0.05) is 190 Å². The van der Waals surface area contributed by atoms with E-state index in [9.17, 15) is 0 Å². The largest absolute Gasteiger partial charge is 0.310 e. The average Bonchev–Trinajstić information content (AvgIpc) is 3.91. The highest BCUT2D eigenvalue weighted by Crippen LogP contribution is 2.58. The Labute approximate surface area is 355 Å². The first kappa shape index (κ1) is 35.0. The van der Waals surface area contributed by atoms with Crippen LogP contribution in [0.15, 0.2) is 212 Å². The summed E-state index contributed by atoms with van der Waals surface area (Å²) in [6.07, 6.45) is 0. The lowest BCUT2D eigenvalue weighted by molar-refractivity contribution is 0.660. The van der Waals surface area contributed by atoms with Gasteiger partial charge in [0.15, 0.2) is 0 Å². The molecule has 0 atom stereocenters. The topological polar surface area (TPSA) is 3.24 Å². The molecule has 60 heavy (non-hydrogen) atoms. The molecular formula is C58H41NS. The summed E-state index contributed by atoms with van der Waals surface area (Å²) in [5.41, 5.74) is 18.3. The van der Waals surface area contributed by atoms with Crippen LogP contribution in [0.5, 0.6) is 0 Å². The normalized spacial score (nSPS) is 14.1. The molecule has 12 rings (SSSR count). The van der Waals surface area contributed by atoms with E-state index in [1.54, 1.807) is 0 Å². The summed E-state index contributed by atoms with van der Waals surface area (Å²) in [4.78, 5) is 2.53. The van der Waals surface area contributed by atoms with Crippen LogP contribution in [-0.2, 0) is 10.8 Å². The van der Waals surface area contributed by atoms with Crippen LogP contribution in [0.25, 0.3) is 53.6 Å². The molecule has 2 aliphatic carbocycles. The molecule has 0 aliphatic heterocycles. The molecule has 0 N–H and O–H groups in total. The molecular weight excluding hydrogens is 743 g/mol. The number of thiophene rings is 1. The molecule has 10 aromatic rings. The molecule has 0 saturated carbocycles. The van der Waals surface area contributed by atoms with Crippen LogP contribution in [0.3, 0.4) is 0 Å². The predicted octanol–water partition coefficient (Wildman–Crippen LogP) is 15.9. The van der Waals surface area contributed by atoms with Gasteiger partial charge in [-0.05, 0) is 92.0 Å². The molecule has 0 fully saturated rings. The fourth-order valence-electron chi connectivity index (χ4n) is 10.7. The number of anilines is 3. The van der Waals surface area contributed by atoms with E-state index >= 15 is 0 Å². The van der Waals surface area contributed by atoms with E-state index in [-0.39, 0.29) is 5.41 Å². The van der Waals surface area contributed by atoms with Crippen LogP contribution in [0.1, 0.15) is 47.2 Å². The highest BCUT2D eigenvalue weighted by atomic mass is 32.1. The van der Waals surface area contributed by atoms with Gasteiger partial charge in [-0.25, -0.2) is 0 Å². The van der Waals surface area contributed by atoms with Gasteiger partial charge in [0.25, 0.3) is 0 Å². The van der Waals surface area contributed by atoms with E-state index in [1.807, 2.05) is 11.3 Å². The molecule has 284 valence electrons. The van der Waals surface area contributed by atoms with Gasteiger partial charge >= 0.3 is 0 Å². The summed E-state index contributed by atoms with van der Waals surface area (Å²) >= 11 is 1.89. The van der Waals surface area contributed by atoms with E-state index in [2.05, 4.69) is 231 Å². The second-order valence-corrected chi connectivity index (χ2v) is 17.8. The minimum absolute atomic E-state index is 0.148. The molecule has 1 nitrogen and oxygen atoms in total. The lowest BCUT2D eigenvalue weighted by Gasteiger charge is -2.35. The molecule has 1 aromatic heterocycles. The van der Waals surface area contributed by atoms with Crippen molar-refractivity contribution in [3.05, 3.63) is 246 Å². The smallest absolute Gasteiger partial charge is 0.0714 e. The number of para-hydroxylation sites is 1. The van der Waals surface area contributed by atoms with Gasteiger partial charge in [-0.15, -0.1) is 11.3 Å². The summed E-state index contributed by atoms with van der Waals surface area (Å²) in [5.74, 6) is 0. The first-order valence-corrected chi connectivity index (χ1v) is 21.7. The van der Waals surface area contributed by atoms with Crippen molar-refractivity contribution in [1.82, 2.24) is 0 Å². The van der Waals surface area contributed by atoms with Crippen molar-refractivity contribution in [1.29, 1.82) is 0 Å². The van der Waals surface area contributed by atoms with Crippen LogP contribution in [-0.4, -0.2) is 0 Å². The summed E-state index contributed by atoms with van der Waals surface area (Å²) < 4.78 is 2.62. The second kappa shape index (κ2) is 13.3. The van der Waals surface area contributed by atoms with Crippen LogP contribution in [0.2, 0.25) is 0 Å². The summed E-state index contributed by atoms with van der Waals surface area (Å²) in [5, 5.41) is 2.61. The summed E-state index contributed by atoms with van der Waals surface area (Å²) in [7, 11) is 0. The number of rotatable bonds is 6. The highest BCUT2D eigenvalue weighted by Gasteiger charge is 2.46. The molecule has 0 spiro atoms. The van der Waals surface area contributed by atoms with Gasteiger partial charge in [0, 0.05) is 48.1 Å². The number of hydrogen-bond donors (Lipinski definition) is 0. The first-order valence-electron chi connectivity index (χ1n) is 20.9. The van der Waals surface area contributed by atoms with Crippen molar-refractivity contribution >= 4 is 48.6 Å². The minimum atomic E-state index is -0.514. The fraction of sp³-hybridized carbons (Fsp3) is 0.0690. The quantitative estimate of drug-likeness (QED) is 0.162. The SMILES string of the molecule is CC1(C)c2ccccc2-c2ccc(N(c3ccc4c(c3)C(c3ccccc3)(c3ccccc3)c3ccccc3-4)c3ccccc3-c3cccc4c3sc3ccccc34)cc21. The monoisotopic (exact) mass is 783 g/mol. The number of nitrogens with zero attached hydrogens (tertiary/aromatic N) is 1. The van der Waals surface area contributed by atoms with Crippen LogP contribution >= 0.6 is 11.3 Å². The number of fused-ring (bicyclic) bond motifs is 9. The molecule has 0 bridgehead atoms. The first-order chi connectivity index (χ1) is 29.5. The molecule has 0 saturated heterocycles. The van der Waals surface area contributed by atoms with E-state index < -0.39 is 5.41 Å². The van der Waals surface area contributed by atoms with E-state index in [0.29, 0.717) is 0 Å². The van der Waals surface area contributed by atoms with Gasteiger partial charge in [0.2, 0.25) is 0 Å². The Kier molecular flexibility index (Phi) is 7.73. The minimum Gasteiger partial charge on any atom is -0.310 e. The Hall–Kier alpha value is -7.00. The van der Waals surface area contributed by atoms with Crippen molar-refractivity contribution in [3.8, 4) is 33.4 Å². The third kappa shape index (κ3) is 4.92. The van der Waals surface area contributed by atoms with Gasteiger partial charge < -0.3 is 4.90 Å². The number of benzene rings is 9.